The van der Waals surface area contributed by atoms with E-state index in [0.29, 0.717) is 5.82 Å². The van der Waals surface area contributed by atoms with Gasteiger partial charge in [-0.3, -0.25) is 0 Å². The highest BCUT2D eigenvalue weighted by atomic mass is 32.2. The molecule has 1 aromatic heterocycles. The second-order valence-electron chi connectivity index (χ2n) is 6.29. The summed E-state index contributed by atoms with van der Waals surface area (Å²) in [6.07, 6.45) is 2.34. The van der Waals surface area contributed by atoms with E-state index in [0.717, 1.165) is 22.9 Å². The van der Waals surface area contributed by atoms with Gasteiger partial charge in [0, 0.05) is 5.56 Å². The zero-order chi connectivity index (χ0) is 17.2. The summed E-state index contributed by atoms with van der Waals surface area (Å²) in [7, 11) is -1.46. The summed E-state index contributed by atoms with van der Waals surface area (Å²) < 4.78 is 29.3. The molecule has 0 amide bonds. The number of aromatic nitrogens is 2. The molecule has 4 nitrogen and oxygen atoms in total. The number of hydrogen-bond acceptors (Lipinski definition) is 3. The Morgan fingerprint density at radius 3 is 2.39 bits per heavy atom. The van der Waals surface area contributed by atoms with Crippen molar-refractivity contribution in [2.24, 2.45) is 4.40 Å². The lowest BCUT2D eigenvalue weighted by Crippen LogP contribution is -2.19. The molecule has 0 fully saturated rings. The van der Waals surface area contributed by atoms with Crippen LogP contribution >= 0.6 is 0 Å². The number of benzene rings is 1. The van der Waals surface area contributed by atoms with E-state index in [-0.39, 0.29) is 5.69 Å². The molecule has 0 radical (unpaired) electrons. The molecule has 6 heteroatoms. The fourth-order valence-corrected chi connectivity index (χ4v) is 2.53. The van der Waals surface area contributed by atoms with E-state index in [1.54, 1.807) is 20.8 Å². The van der Waals surface area contributed by atoms with Crippen molar-refractivity contribution in [3.05, 3.63) is 47.0 Å². The van der Waals surface area contributed by atoms with Crippen LogP contribution in [0.3, 0.4) is 0 Å². The molecular formula is C17H20FN3OS. The summed E-state index contributed by atoms with van der Waals surface area (Å²) in [6.45, 7) is 9.33. The number of hydrogen-bond donors (Lipinski definition) is 0. The van der Waals surface area contributed by atoms with Gasteiger partial charge in [-0.25, -0.2) is 18.6 Å². The van der Waals surface area contributed by atoms with Crippen LogP contribution in [0.2, 0.25) is 0 Å². The molecule has 1 unspecified atom stereocenters. The van der Waals surface area contributed by atoms with Crippen molar-refractivity contribution in [1.29, 1.82) is 0 Å². The smallest absolute Gasteiger partial charge is 0.168 e. The topological polar surface area (TPSA) is 55.2 Å². The van der Waals surface area contributed by atoms with Gasteiger partial charge in [-0.05, 0) is 45.7 Å². The van der Waals surface area contributed by atoms with E-state index < -0.39 is 21.5 Å². The van der Waals surface area contributed by atoms with Gasteiger partial charge in [-0.15, -0.1) is 0 Å². The van der Waals surface area contributed by atoms with Crippen molar-refractivity contribution in [3.63, 3.8) is 0 Å². The SMILES string of the molecule is Cc1cccc(C)c1-c1ncc(F)c(/C=N\S(=O)C(C)(C)C)n1. The Hall–Kier alpha value is -1.95. The van der Waals surface area contributed by atoms with Crippen molar-refractivity contribution in [2.75, 3.05) is 0 Å². The van der Waals surface area contributed by atoms with Crippen LogP contribution in [-0.4, -0.2) is 25.1 Å². The Morgan fingerprint density at radius 2 is 1.83 bits per heavy atom. The summed E-state index contributed by atoms with van der Waals surface area (Å²) in [6, 6.07) is 5.86. The minimum absolute atomic E-state index is 0.0373. The zero-order valence-electron chi connectivity index (χ0n) is 13.9. The Kier molecular flexibility index (Phi) is 5.04. The third kappa shape index (κ3) is 4.07. The molecule has 0 saturated heterocycles. The van der Waals surface area contributed by atoms with Crippen LogP contribution < -0.4 is 0 Å². The highest BCUT2D eigenvalue weighted by Gasteiger charge is 2.19. The van der Waals surface area contributed by atoms with E-state index in [1.807, 2.05) is 32.0 Å². The molecule has 0 aliphatic rings. The lowest BCUT2D eigenvalue weighted by Gasteiger charge is -2.12. The van der Waals surface area contributed by atoms with E-state index in [9.17, 15) is 8.60 Å². The van der Waals surface area contributed by atoms with Gasteiger partial charge in [0.2, 0.25) is 0 Å². The first kappa shape index (κ1) is 17.4. The van der Waals surface area contributed by atoms with Gasteiger partial charge in [-0.2, -0.15) is 4.40 Å². The predicted octanol–water partition coefficient (Wildman–Crippen LogP) is 3.78. The fourth-order valence-electron chi connectivity index (χ4n) is 2.01. The van der Waals surface area contributed by atoms with Crippen LogP contribution in [0, 0.1) is 19.7 Å². The summed E-state index contributed by atoms with van der Waals surface area (Å²) >= 11 is 0. The van der Waals surface area contributed by atoms with Gasteiger partial charge in [0.25, 0.3) is 0 Å². The molecule has 1 aromatic carbocycles. The number of aryl methyl sites for hydroxylation is 2. The highest BCUT2D eigenvalue weighted by Crippen LogP contribution is 2.24. The lowest BCUT2D eigenvalue weighted by molar-refractivity contribution is 0.612. The van der Waals surface area contributed by atoms with Crippen LogP contribution in [0.4, 0.5) is 4.39 Å². The van der Waals surface area contributed by atoms with Crippen LogP contribution in [0.5, 0.6) is 0 Å². The van der Waals surface area contributed by atoms with Gasteiger partial charge >= 0.3 is 0 Å². The lowest BCUT2D eigenvalue weighted by atomic mass is 10.0. The molecule has 2 aromatic rings. The zero-order valence-corrected chi connectivity index (χ0v) is 14.7. The third-order valence-corrected chi connectivity index (χ3v) is 4.62. The van der Waals surface area contributed by atoms with Crippen LogP contribution in [0.25, 0.3) is 11.4 Å². The molecule has 1 heterocycles. The van der Waals surface area contributed by atoms with Gasteiger partial charge in [0.1, 0.15) is 16.7 Å². The summed E-state index contributed by atoms with van der Waals surface area (Å²) in [5.41, 5.74) is 2.94. The molecule has 0 bridgehead atoms. The van der Waals surface area contributed by atoms with Gasteiger partial charge in [0.05, 0.1) is 17.2 Å². The second-order valence-corrected chi connectivity index (χ2v) is 8.22. The average molecular weight is 333 g/mol. The predicted molar refractivity (Wildman–Crippen MR) is 92.4 cm³/mol. The molecule has 0 spiro atoms. The Bertz CT molecular complexity index is 762. The molecule has 0 saturated carbocycles. The van der Waals surface area contributed by atoms with Crippen molar-refractivity contribution in [2.45, 2.75) is 39.4 Å². The molecule has 0 aliphatic carbocycles. The van der Waals surface area contributed by atoms with Crippen molar-refractivity contribution in [3.8, 4) is 11.4 Å². The molecule has 23 heavy (non-hydrogen) atoms. The Labute approximate surface area is 138 Å². The summed E-state index contributed by atoms with van der Waals surface area (Å²) in [5.74, 6) is -0.153. The van der Waals surface area contributed by atoms with Crippen molar-refractivity contribution in [1.82, 2.24) is 9.97 Å². The normalized spacial score (nSPS) is 13.5. The van der Waals surface area contributed by atoms with Gasteiger partial charge < -0.3 is 0 Å². The second kappa shape index (κ2) is 6.66. The molecular weight excluding hydrogens is 313 g/mol. The number of rotatable bonds is 3. The minimum atomic E-state index is -1.46. The van der Waals surface area contributed by atoms with E-state index in [1.165, 1.54) is 6.21 Å². The first-order valence-corrected chi connectivity index (χ1v) is 8.36. The largest absolute Gasteiger partial charge is 0.234 e. The van der Waals surface area contributed by atoms with Crippen LogP contribution in [0.15, 0.2) is 28.8 Å². The quantitative estimate of drug-likeness (QED) is 0.803. The number of halogens is 1. The monoisotopic (exact) mass is 333 g/mol. The maximum absolute atomic E-state index is 13.9. The van der Waals surface area contributed by atoms with Gasteiger partial charge in [-0.1, -0.05) is 18.2 Å². The Balaban J connectivity index is 2.45. The maximum atomic E-state index is 13.9. The van der Waals surface area contributed by atoms with Crippen LogP contribution in [0.1, 0.15) is 37.6 Å². The third-order valence-electron chi connectivity index (χ3n) is 3.27. The van der Waals surface area contributed by atoms with Crippen molar-refractivity contribution < 1.29 is 8.60 Å². The minimum Gasteiger partial charge on any atom is -0.234 e. The number of nitrogens with zero attached hydrogens (tertiary/aromatic N) is 3. The first-order chi connectivity index (χ1) is 10.7. The standard InChI is InChI=1S/C17H20FN3OS/c1-11-7-6-8-12(2)15(11)16-19-9-13(18)14(21-16)10-20-23(22)17(3,4)5/h6-10H,1-5H3/b20-10-. The average Bonchev–Trinajstić information content (AvgIpc) is 2.46. The molecule has 122 valence electrons. The summed E-state index contributed by atoms with van der Waals surface area (Å²) in [5, 5.41) is 0. The van der Waals surface area contributed by atoms with Crippen LogP contribution in [-0.2, 0) is 11.0 Å². The first-order valence-electron chi connectivity index (χ1n) is 7.25. The highest BCUT2D eigenvalue weighted by molar-refractivity contribution is 7.85. The van der Waals surface area contributed by atoms with Gasteiger partial charge in [0.15, 0.2) is 11.6 Å². The Morgan fingerprint density at radius 1 is 1.22 bits per heavy atom. The summed E-state index contributed by atoms with van der Waals surface area (Å²) in [4.78, 5) is 8.33. The van der Waals surface area contributed by atoms with Crippen molar-refractivity contribution >= 4 is 17.2 Å². The van der Waals surface area contributed by atoms with E-state index >= 15 is 0 Å². The molecule has 1 atom stereocenters. The molecule has 0 aliphatic heterocycles. The van der Waals surface area contributed by atoms with E-state index in [4.69, 9.17) is 0 Å². The molecule has 2 rings (SSSR count). The molecule has 0 N–H and O–H groups in total. The maximum Gasteiger partial charge on any atom is 0.168 e. The fraction of sp³-hybridized carbons (Fsp3) is 0.353. The van der Waals surface area contributed by atoms with E-state index in [2.05, 4.69) is 14.4 Å².